The Morgan fingerprint density at radius 1 is 1.14 bits per heavy atom. The maximum Gasteiger partial charge on any atom is 0.410 e. The number of nitrogens with zero attached hydrogens (tertiary/aromatic N) is 4. The standard InChI is InChI=1S/C32H42N4O6S/c1-22-18-26(12-17-29(22)33-3)25-10-15-28(16-11-25)42-21-31-30(19-23(2)36(31)32(37)41-7)35(43(38,39)34(4)5)20-24-8-13-27(40-6)14-9-24/h8-10,12-14,17-18,23,28,30-31H,11,15-16,19-21H2,1-2,4-7H3/t23-,28?,30+,31+/m1/s1. The van der Waals surface area contributed by atoms with E-state index in [4.69, 9.17) is 20.8 Å². The number of amides is 1. The minimum absolute atomic E-state index is 0.0658. The average Bonchev–Trinajstić information content (AvgIpc) is 3.33. The topological polar surface area (TPSA) is 93.0 Å². The van der Waals surface area contributed by atoms with Gasteiger partial charge in [0, 0.05) is 26.7 Å². The first kappa shape index (κ1) is 32.5. The van der Waals surface area contributed by atoms with Crippen molar-refractivity contribution in [2.24, 2.45) is 0 Å². The van der Waals surface area contributed by atoms with Crippen LogP contribution in [0.3, 0.4) is 0 Å². The van der Waals surface area contributed by atoms with Crippen molar-refractivity contribution in [1.82, 2.24) is 13.5 Å². The van der Waals surface area contributed by atoms with Gasteiger partial charge in [0.05, 0.1) is 45.6 Å². The van der Waals surface area contributed by atoms with E-state index in [1.807, 2.05) is 38.1 Å². The molecule has 1 heterocycles. The van der Waals surface area contributed by atoms with Gasteiger partial charge in [-0.3, -0.25) is 4.90 Å². The molecule has 2 aromatic rings. The van der Waals surface area contributed by atoms with Crippen molar-refractivity contribution in [1.29, 1.82) is 0 Å². The molecule has 1 aliphatic heterocycles. The van der Waals surface area contributed by atoms with Crippen LogP contribution in [0.1, 0.15) is 49.3 Å². The molecule has 1 aliphatic carbocycles. The lowest BCUT2D eigenvalue weighted by Crippen LogP contribution is -2.53. The van der Waals surface area contributed by atoms with Crippen LogP contribution in [0, 0.1) is 13.5 Å². The van der Waals surface area contributed by atoms with Crippen LogP contribution in [0.25, 0.3) is 10.4 Å². The second-order valence-electron chi connectivity index (χ2n) is 11.4. The average molecular weight is 611 g/mol. The van der Waals surface area contributed by atoms with Gasteiger partial charge >= 0.3 is 6.09 Å². The lowest BCUT2D eigenvalue weighted by atomic mass is 9.91. The monoisotopic (exact) mass is 610 g/mol. The van der Waals surface area contributed by atoms with E-state index >= 15 is 0 Å². The van der Waals surface area contributed by atoms with Crippen LogP contribution in [-0.4, -0.2) is 87.2 Å². The fourth-order valence-electron chi connectivity index (χ4n) is 5.98. The summed E-state index contributed by atoms with van der Waals surface area (Å²) in [6.07, 6.45) is 4.39. The van der Waals surface area contributed by atoms with Crippen molar-refractivity contribution in [2.75, 3.05) is 34.9 Å². The Kier molecular flexibility index (Phi) is 10.5. The molecule has 1 unspecified atom stereocenters. The number of hydrogen-bond donors (Lipinski definition) is 0. The molecule has 232 valence electrons. The van der Waals surface area contributed by atoms with E-state index in [1.54, 1.807) is 24.1 Å². The molecule has 1 amide bonds. The molecule has 4 atom stereocenters. The van der Waals surface area contributed by atoms with Gasteiger partial charge in [-0.2, -0.15) is 17.0 Å². The number of rotatable bonds is 10. The van der Waals surface area contributed by atoms with Crippen LogP contribution in [0.15, 0.2) is 48.5 Å². The Morgan fingerprint density at radius 2 is 1.86 bits per heavy atom. The Balaban J connectivity index is 1.56. The van der Waals surface area contributed by atoms with Gasteiger partial charge in [0.25, 0.3) is 10.2 Å². The molecule has 1 fully saturated rings. The summed E-state index contributed by atoms with van der Waals surface area (Å²) in [5, 5.41) is 0. The number of ether oxygens (including phenoxy) is 3. The molecule has 2 aliphatic rings. The van der Waals surface area contributed by atoms with Gasteiger partial charge in [-0.05, 0) is 73.9 Å². The smallest absolute Gasteiger partial charge is 0.410 e. The van der Waals surface area contributed by atoms with Crippen LogP contribution in [0.4, 0.5) is 10.5 Å². The number of carbonyl (C=O) groups excluding carboxylic acids is 1. The zero-order chi connectivity index (χ0) is 31.3. The summed E-state index contributed by atoms with van der Waals surface area (Å²) in [5.74, 6) is 0.684. The van der Waals surface area contributed by atoms with Gasteiger partial charge in [-0.25, -0.2) is 9.64 Å². The maximum absolute atomic E-state index is 13.7. The minimum atomic E-state index is -3.87. The number of hydrogen-bond acceptors (Lipinski definition) is 6. The highest BCUT2D eigenvalue weighted by Gasteiger charge is 2.49. The Morgan fingerprint density at radius 3 is 2.42 bits per heavy atom. The quantitative estimate of drug-likeness (QED) is 0.334. The van der Waals surface area contributed by atoms with Crippen LogP contribution in [0.2, 0.25) is 0 Å². The third kappa shape index (κ3) is 7.21. The van der Waals surface area contributed by atoms with E-state index in [1.165, 1.54) is 35.4 Å². The lowest BCUT2D eigenvalue weighted by Gasteiger charge is -2.36. The molecule has 0 N–H and O–H groups in total. The van der Waals surface area contributed by atoms with Crippen molar-refractivity contribution >= 4 is 27.6 Å². The zero-order valence-corrected chi connectivity index (χ0v) is 26.6. The fourth-order valence-corrected chi connectivity index (χ4v) is 7.28. The van der Waals surface area contributed by atoms with E-state index < -0.39 is 28.4 Å². The summed E-state index contributed by atoms with van der Waals surface area (Å²) in [6, 6.07) is 11.9. The normalized spacial score (nSPS) is 22.4. The van der Waals surface area contributed by atoms with Gasteiger partial charge in [0.1, 0.15) is 5.75 Å². The number of benzene rings is 2. The number of aryl methyl sites for hydroxylation is 1. The van der Waals surface area contributed by atoms with Crippen molar-refractivity contribution in [3.05, 3.63) is 76.6 Å². The number of carbonyl (C=O) groups is 1. The van der Waals surface area contributed by atoms with Gasteiger partial charge < -0.3 is 14.2 Å². The molecule has 0 saturated carbocycles. The molecule has 10 nitrogen and oxygen atoms in total. The fraction of sp³-hybridized carbons (Fsp3) is 0.500. The molecule has 11 heteroatoms. The summed E-state index contributed by atoms with van der Waals surface area (Å²) in [6.45, 7) is 11.5. The van der Waals surface area contributed by atoms with Gasteiger partial charge in [-0.1, -0.05) is 36.4 Å². The Labute approximate surface area is 255 Å². The molecule has 2 aromatic carbocycles. The van der Waals surface area contributed by atoms with Crippen LogP contribution < -0.4 is 4.74 Å². The SMILES string of the molecule is [C-]#[N+]c1ccc(C2=CCC(OC[C@H]3[C@@H](N(Cc4ccc(OC)cc4)S(=O)(=O)N(C)C)C[C@@H](C)N3C(=O)OC)CC2)cc1C. The van der Waals surface area contributed by atoms with E-state index in [9.17, 15) is 13.2 Å². The van der Waals surface area contributed by atoms with Gasteiger partial charge in [0.2, 0.25) is 0 Å². The van der Waals surface area contributed by atoms with Crippen molar-refractivity contribution in [3.63, 3.8) is 0 Å². The first-order valence-electron chi connectivity index (χ1n) is 14.5. The number of allylic oxidation sites excluding steroid dienone is 1. The highest BCUT2D eigenvalue weighted by atomic mass is 32.2. The first-order chi connectivity index (χ1) is 20.5. The molecule has 0 radical (unpaired) electrons. The van der Waals surface area contributed by atoms with E-state index in [0.717, 1.165) is 29.5 Å². The van der Waals surface area contributed by atoms with Gasteiger partial charge in [0.15, 0.2) is 5.69 Å². The van der Waals surface area contributed by atoms with Crippen molar-refractivity contribution in [3.8, 4) is 5.75 Å². The van der Waals surface area contributed by atoms with Crippen LogP contribution in [0.5, 0.6) is 5.75 Å². The predicted octanol–water partition coefficient (Wildman–Crippen LogP) is 5.41. The molecule has 43 heavy (non-hydrogen) atoms. The summed E-state index contributed by atoms with van der Waals surface area (Å²) in [5.41, 5.74) is 4.77. The van der Waals surface area contributed by atoms with E-state index in [0.29, 0.717) is 24.3 Å². The van der Waals surface area contributed by atoms with Crippen molar-refractivity contribution in [2.45, 2.75) is 70.3 Å². The molecule has 0 spiro atoms. The van der Waals surface area contributed by atoms with E-state index in [2.05, 4.69) is 17.0 Å². The summed E-state index contributed by atoms with van der Waals surface area (Å²) in [7, 11) is 2.09. The minimum Gasteiger partial charge on any atom is -0.497 e. The second-order valence-corrected chi connectivity index (χ2v) is 13.4. The molecule has 1 saturated heterocycles. The van der Waals surface area contributed by atoms with Crippen molar-refractivity contribution < 1.29 is 27.4 Å². The van der Waals surface area contributed by atoms with E-state index in [-0.39, 0.29) is 25.3 Å². The predicted molar refractivity (Wildman–Crippen MR) is 166 cm³/mol. The third-order valence-electron chi connectivity index (χ3n) is 8.42. The van der Waals surface area contributed by atoms with Crippen LogP contribution in [-0.2, 0) is 26.2 Å². The molecule has 4 rings (SSSR count). The highest BCUT2D eigenvalue weighted by Crippen LogP contribution is 2.35. The second kappa shape index (κ2) is 13.9. The number of likely N-dealkylation sites (tertiary alicyclic amines) is 1. The maximum atomic E-state index is 13.7. The largest absolute Gasteiger partial charge is 0.497 e. The Hall–Kier alpha value is -3.43. The number of methoxy groups -OCH3 is 2. The third-order valence-corrected chi connectivity index (χ3v) is 10.3. The molecule has 0 bridgehead atoms. The van der Waals surface area contributed by atoms with Gasteiger partial charge in [-0.15, -0.1) is 0 Å². The Bertz CT molecular complexity index is 1470. The molecular weight excluding hydrogens is 568 g/mol. The van der Waals surface area contributed by atoms with Crippen LogP contribution >= 0.6 is 0 Å². The highest BCUT2D eigenvalue weighted by molar-refractivity contribution is 7.86. The first-order valence-corrected chi connectivity index (χ1v) is 15.9. The lowest BCUT2D eigenvalue weighted by molar-refractivity contribution is 0.000117. The molecule has 0 aromatic heterocycles. The summed E-state index contributed by atoms with van der Waals surface area (Å²) in [4.78, 5) is 18.2. The summed E-state index contributed by atoms with van der Waals surface area (Å²) >= 11 is 0. The molecular formula is C32H42N4O6S. The zero-order valence-electron chi connectivity index (χ0n) is 25.8. The summed E-state index contributed by atoms with van der Waals surface area (Å²) < 4.78 is 46.9.